The number of aromatic nitrogens is 2. The summed E-state index contributed by atoms with van der Waals surface area (Å²) in [5.74, 6) is -0.273. The first-order valence-electron chi connectivity index (χ1n) is 8.23. The Kier molecular flexibility index (Phi) is 5.53. The number of amides is 1. The fourth-order valence-electron chi connectivity index (χ4n) is 2.74. The van der Waals surface area contributed by atoms with Crippen molar-refractivity contribution in [3.63, 3.8) is 0 Å². The van der Waals surface area contributed by atoms with Crippen molar-refractivity contribution >= 4 is 34.1 Å². The summed E-state index contributed by atoms with van der Waals surface area (Å²) in [5.41, 5.74) is 0.551. The lowest BCUT2D eigenvalue weighted by Gasteiger charge is -2.22. The van der Waals surface area contributed by atoms with Crippen molar-refractivity contribution < 1.29 is 9.18 Å². The van der Waals surface area contributed by atoms with Crippen LogP contribution in [0.4, 0.5) is 10.1 Å². The van der Waals surface area contributed by atoms with Gasteiger partial charge in [0, 0.05) is 13.1 Å². The molecule has 3 aromatic rings. The third-order valence-corrected chi connectivity index (χ3v) is 4.45. The van der Waals surface area contributed by atoms with Gasteiger partial charge in [0.1, 0.15) is 11.6 Å². The molecule has 0 bridgehead atoms. The van der Waals surface area contributed by atoms with Crippen LogP contribution < -0.4 is 10.5 Å². The molecule has 1 heterocycles. The van der Waals surface area contributed by atoms with Gasteiger partial charge in [-0.25, -0.2) is 9.37 Å². The second-order valence-corrected chi connectivity index (χ2v) is 6.66. The summed E-state index contributed by atoms with van der Waals surface area (Å²) in [6.07, 6.45) is 0. The van der Waals surface area contributed by atoms with Crippen LogP contribution in [-0.2, 0) is 11.3 Å². The number of H-pyrrole nitrogens is 1. The molecule has 0 aliphatic rings. The predicted octanol–water partition coefficient (Wildman–Crippen LogP) is 2.81. The molecule has 0 radical (unpaired) electrons. The number of halogens is 2. The number of carbonyl (C=O) groups excluding carboxylic acids is 1. The molecule has 1 aromatic heterocycles. The molecular weight excluding hydrogens is 371 g/mol. The molecule has 0 aliphatic heterocycles. The number of hydrogen-bond acceptors (Lipinski definition) is 4. The van der Waals surface area contributed by atoms with E-state index in [9.17, 15) is 14.0 Å². The van der Waals surface area contributed by atoms with Gasteiger partial charge in [0.25, 0.3) is 5.56 Å². The number of fused-ring (bicyclic) bond motifs is 1. The highest BCUT2D eigenvalue weighted by atomic mass is 35.5. The molecular formula is C19H18ClFN4O2. The average molecular weight is 389 g/mol. The maximum Gasteiger partial charge on any atom is 0.258 e. The number of anilines is 1. The molecule has 140 valence electrons. The zero-order valence-electron chi connectivity index (χ0n) is 14.9. The average Bonchev–Trinajstić information content (AvgIpc) is 2.61. The van der Waals surface area contributed by atoms with Gasteiger partial charge >= 0.3 is 0 Å². The van der Waals surface area contributed by atoms with Crippen LogP contribution in [0.15, 0.2) is 47.3 Å². The summed E-state index contributed by atoms with van der Waals surface area (Å²) in [6.45, 7) is 0.316. The van der Waals surface area contributed by atoms with Crippen LogP contribution in [0.25, 0.3) is 10.9 Å². The number of para-hydroxylation sites is 1. The van der Waals surface area contributed by atoms with Crippen molar-refractivity contribution in [2.45, 2.75) is 6.54 Å². The largest absolute Gasteiger partial charge is 0.313 e. The van der Waals surface area contributed by atoms with Gasteiger partial charge in [-0.05, 0) is 31.3 Å². The molecule has 3 rings (SSSR count). The summed E-state index contributed by atoms with van der Waals surface area (Å²) < 4.78 is 13.4. The molecule has 1 N–H and O–H groups in total. The normalized spacial score (nSPS) is 11.1. The highest BCUT2D eigenvalue weighted by molar-refractivity contribution is 6.33. The number of carbonyl (C=O) groups is 1. The minimum absolute atomic E-state index is 0.0899. The van der Waals surface area contributed by atoms with Crippen LogP contribution in [0.1, 0.15) is 5.82 Å². The first-order valence-corrected chi connectivity index (χ1v) is 8.61. The van der Waals surface area contributed by atoms with E-state index in [-0.39, 0.29) is 30.1 Å². The van der Waals surface area contributed by atoms with Crippen LogP contribution in [0, 0.1) is 5.82 Å². The Labute approximate surface area is 160 Å². The van der Waals surface area contributed by atoms with E-state index in [2.05, 4.69) is 9.97 Å². The zero-order chi connectivity index (χ0) is 19.6. The summed E-state index contributed by atoms with van der Waals surface area (Å²) >= 11 is 6.13. The van der Waals surface area contributed by atoms with Crippen molar-refractivity contribution in [1.29, 1.82) is 0 Å². The topological polar surface area (TPSA) is 69.3 Å². The van der Waals surface area contributed by atoms with Gasteiger partial charge in [-0.3, -0.25) is 14.5 Å². The molecule has 0 fully saturated rings. The van der Waals surface area contributed by atoms with Gasteiger partial charge in [0.15, 0.2) is 0 Å². The molecule has 8 heteroatoms. The number of benzene rings is 2. The molecule has 0 saturated heterocycles. The third-order valence-electron chi connectivity index (χ3n) is 4.13. The van der Waals surface area contributed by atoms with Gasteiger partial charge in [0.2, 0.25) is 5.91 Å². The first kappa shape index (κ1) is 19.0. The number of aromatic amines is 1. The van der Waals surface area contributed by atoms with E-state index >= 15 is 0 Å². The Bertz CT molecular complexity index is 1050. The summed E-state index contributed by atoms with van der Waals surface area (Å²) in [5, 5.41) is 0.802. The van der Waals surface area contributed by atoms with E-state index in [4.69, 9.17) is 11.6 Å². The fourth-order valence-corrected chi connectivity index (χ4v) is 3.01. The second kappa shape index (κ2) is 7.85. The molecule has 27 heavy (non-hydrogen) atoms. The molecule has 6 nitrogen and oxygen atoms in total. The minimum atomic E-state index is -0.462. The Balaban J connectivity index is 1.73. The first-order chi connectivity index (χ1) is 12.8. The Morgan fingerprint density at radius 2 is 1.96 bits per heavy atom. The van der Waals surface area contributed by atoms with Crippen molar-refractivity contribution in [2.24, 2.45) is 0 Å². The maximum absolute atomic E-state index is 13.4. The van der Waals surface area contributed by atoms with E-state index in [0.717, 1.165) is 0 Å². The predicted molar refractivity (Wildman–Crippen MR) is 104 cm³/mol. The Morgan fingerprint density at radius 1 is 1.22 bits per heavy atom. The number of nitrogens with one attached hydrogen (secondary N) is 1. The lowest BCUT2D eigenvalue weighted by molar-refractivity contribution is -0.119. The van der Waals surface area contributed by atoms with E-state index in [1.807, 2.05) is 0 Å². The van der Waals surface area contributed by atoms with Crippen molar-refractivity contribution in [3.8, 4) is 0 Å². The lowest BCUT2D eigenvalue weighted by atomic mass is 10.2. The number of nitrogens with zero attached hydrogens (tertiary/aromatic N) is 3. The van der Waals surface area contributed by atoms with E-state index in [1.54, 1.807) is 43.3 Å². The quantitative estimate of drug-likeness (QED) is 0.729. The van der Waals surface area contributed by atoms with Gasteiger partial charge in [-0.15, -0.1) is 0 Å². The summed E-state index contributed by atoms with van der Waals surface area (Å²) in [6, 6.07) is 10.9. The van der Waals surface area contributed by atoms with Crippen molar-refractivity contribution in [1.82, 2.24) is 14.9 Å². The molecule has 0 saturated carbocycles. The monoisotopic (exact) mass is 388 g/mol. The van der Waals surface area contributed by atoms with Crippen LogP contribution >= 0.6 is 11.6 Å². The van der Waals surface area contributed by atoms with Crippen LogP contribution in [0.5, 0.6) is 0 Å². The van der Waals surface area contributed by atoms with E-state index in [1.165, 1.54) is 23.1 Å². The summed E-state index contributed by atoms with van der Waals surface area (Å²) in [7, 11) is 3.38. The SMILES string of the molecule is CN(CC(=O)N(C)c1ccccc1Cl)Cc1nc2cc(F)ccc2c(=O)[nH]1. The molecule has 1 amide bonds. The standard InChI is InChI=1S/C19H18ClFN4O2/c1-24(11-18(26)25(2)16-6-4-3-5-14(16)20)10-17-22-15-9-12(21)7-8-13(15)19(27)23-17/h3-9H,10-11H2,1-2H3,(H,22,23,27). The number of rotatable bonds is 5. The van der Waals surface area contributed by atoms with Gasteiger partial charge < -0.3 is 9.88 Å². The lowest BCUT2D eigenvalue weighted by Crippen LogP contribution is -2.37. The Morgan fingerprint density at radius 3 is 2.70 bits per heavy atom. The molecule has 0 atom stereocenters. The maximum atomic E-state index is 13.4. The van der Waals surface area contributed by atoms with Gasteiger partial charge in [-0.2, -0.15) is 0 Å². The molecule has 0 spiro atoms. The van der Waals surface area contributed by atoms with Crippen LogP contribution in [-0.4, -0.2) is 41.4 Å². The van der Waals surface area contributed by atoms with Crippen molar-refractivity contribution in [2.75, 3.05) is 25.5 Å². The van der Waals surface area contributed by atoms with Crippen LogP contribution in [0.2, 0.25) is 5.02 Å². The highest BCUT2D eigenvalue weighted by Gasteiger charge is 2.16. The van der Waals surface area contributed by atoms with Crippen molar-refractivity contribution in [3.05, 3.63) is 69.5 Å². The van der Waals surface area contributed by atoms with E-state index in [0.29, 0.717) is 21.9 Å². The van der Waals surface area contributed by atoms with E-state index < -0.39 is 5.82 Å². The third kappa shape index (κ3) is 4.32. The number of hydrogen-bond donors (Lipinski definition) is 1. The molecule has 0 aliphatic carbocycles. The zero-order valence-corrected chi connectivity index (χ0v) is 15.6. The minimum Gasteiger partial charge on any atom is -0.313 e. The molecule has 0 unspecified atom stereocenters. The van der Waals surface area contributed by atoms with Gasteiger partial charge in [0.05, 0.1) is 34.7 Å². The smallest absolute Gasteiger partial charge is 0.258 e. The second-order valence-electron chi connectivity index (χ2n) is 6.25. The van der Waals surface area contributed by atoms with Crippen LogP contribution in [0.3, 0.4) is 0 Å². The van der Waals surface area contributed by atoms with Gasteiger partial charge in [-0.1, -0.05) is 23.7 Å². The Hall–Kier alpha value is -2.77. The highest BCUT2D eigenvalue weighted by Crippen LogP contribution is 2.24. The summed E-state index contributed by atoms with van der Waals surface area (Å²) in [4.78, 5) is 34.8. The number of likely N-dealkylation sites (N-methyl/N-ethyl adjacent to an activating group) is 2. The fraction of sp³-hybridized carbons (Fsp3) is 0.211. The molecule has 2 aromatic carbocycles.